The molecule has 0 aromatic carbocycles. The van der Waals surface area contributed by atoms with Gasteiger partial charge in [0.2, 0.25) is 0 Å². The van der Waals surface area contributed by atoms with E-state index in [0.717, 1.165) is 18.7 Å². The lowest BCUT2D eigenvalue weighted by molar-refractivity contribution is 0.0268. The molecule has 2 unspecified atom stereocenters. The van der Waals surface area contributed by atoms with Gasteiger partial charge >= 0.3 is 0 Å². The van der Waals surface area contributed by atoms with Gasteiger partial charge < -0.3 is 19.2 Å². The van der Waals surface area contributed by atoms with E-state index >= 15 is 0 Å². The van der Waals surface area contributed by atoms with Crippen LogP contribution in [0.15, 0.2) is 22.8 Å². The smallest absolute Gasteiger partial charge is 0.120 e. The molecule has 0 saturated carbocycles. The second-order valence-corrected chi connectivity index (χ2v) is 3.70. The molecule has 0 radical (unpaired) electrons. The molecule has 2 atom stereocenters. The van der Waals surface area contributed by atoms with Crippen LogP contribution in [0.1, 0.15) is 25.1 Å². The maximum absolute atomic E-state index is 5.38. The summed E-state index contributed by atoms with van der Waals surface area (Å²) in [6, 6.07) is 4.13. The van der Waals surface area contributed by atoms with Gasteiger partial charge in [-0.2, -0.15) is 0 Å². The molecule has 4 heteroatoms. The van der Waals surface area contributed by atoms with Crippen molar-refractivity contribution in [1.29, 1.82) is 0 Å². The number of hydrogen-bond acceptors (Lipinski definition) is 4. The molecule has 0 saturated heterocycles. The van der Waals surface area contributed by atoms with Crippen molar-refractivity contribution in [2.45, 2.75) is 25.5 Å². The van der Waals surface area contributed by atoms with Crippen LogP contribution in [-0.4, -0.2) is 33.5 Å². The van der Waals surface area contributed by atoms with Crippen LogP contribution in [0.5, 0.6) is 0 Å². The summed E-state index contributed by atoms with van der Waals surface area (Å²) in [4.78, 5) is 0. The highest BCUT2D eigenvalue weighted by Crippen LogP contribution is 2.16. The summed E-state index contributed by atoms with van der Waals surface area (Å²) in [5, 5.41) is 3.41. The average Bonchev–Trinajstić information content (AvgIpc) is 2.82. The second kappa shape index (κ2) is 7.44. The summed E-state index contributed by atoms with van der Waals surface area (Å²) >= 11 is 0. The van der Waals surface area contributed by atoms with Crippen molar-refractivity contribution < 1.29 is 13.9 Å². The van der Waals surface area contributed by atoms with Crippen LogP contribution in [-0.2, 0) is 9.47 Å². The van der Waals surface area contributed by atoms with E-state index in [1.165, 1.54) is 0 Å². The van der Waals surface area contributed by atoms with Gasteiger partial charge in [-0.05, 0) is 18.6 Å². The lowest BCUT2D eigenvalue weighted by atomic mass is 10.1. The Labute approximate surface area is 96.9 Å². The summed E-state index contributed by atoms with van der Waals surface area (Å²) in [5.74, 6) is 0.967. The number of hydrogen-bond donors (Lipinski definition) is 1. The Morgan fingerprint density at radius 1 is 1.44 bits per heavy atom. The van der Waals surface area contributed by atoms with E-state index in [-0.39, 0.29) is 12.1 Å². The van der Waals surface area contributed by atoms with Gasteiger partial charge in [-0.3, -0.25) is 0 Å². The van der Waals surface area contributed by atoms with Crippen molar-refractivity contribution in [3.63, 3.8) is 0 Å². The Bertz CT molecular complexity index is 261. The van der Waals surface area contributed by atoms with E-state index in [0.29, 0.717) is 6.61 Å². The monoisotopic (exact) mass is 227 g/mol. The Morgan fingerprint density at radius 3 is 2.75 bits per heavy atom. The van der Waals surface area contributed by atoms with Crippen LogP contribution in [0.2, 0.25) is 0 Å². The molecule has 0 spiro atoms. The van der Waals surface area contributed by atoms with Crippen molar-refractivity contribution in [2.75, 3.05) is 27.4 Å². The quantitative estimate of drug-likeness (QED) is 0.737. The van der Waals surface area contributed by atoms with Crippen molar-refractivity contribution in [2.24, 2.45) is 0 Å². The Balaban J connectivity index is 2.39. The first-order valence-electron chi connectivity index (χ1n) is 5.60. The van der Waals surface area contributed by atoms with Crippen molar-refractivity contribution in [1.82, 2.24) is 5.32 Å². The highest BCUT2D eigenvalue weighted by molar-refractivity contribution is 5.03. The third-order valence-corrected chi connectivity index (χ3v) is 2.57. The predicted octanol–water partition coefficient (Wildman–Crippen LogP) is 1.98. The fourth-order valence-corrected chi connectivity index (χ4v) is 1.61. The second-order valence-electron chi connectivity index (χ2n) is 3.70. The Kier molecular flexibility index (Phi) is 6.15. The summed E-state index contributed by atoms with van der Waals surface area (Å²) in [5.41, 5.74) is 0. The number of ether oxygens (including phenoxy) is 2. The van der Waals surface area contributed by atoms with Gasteiger partial charge in [-0.1, -0.05) is 6.92 Å². The van der Waals surface area contributed by atoms with Gasteiger partial charge in [0.15, 0.2) is 0 Å². The molecule has 0 aliphatic heterocycles. The third-order valence-electron chi connectivity index (χ3n) is 2.57. The third kappa shape index (κ3) is 3.96. The van der Waals surface area contributed by atoms with Gasteiger partial charge in [0.1, 0.15) is 5.76 Å². The summed E-state index contributed by atoms with van der Waals surface area (Å²) < 4.78 is 15.7. The van der Waals surface area contributed by atoms with Gasteiger partial charge in [0.25, 0.3) is 0 Å². The van der Waals surface area contributed by atoms with E-state index < -0.39 is 0 Å². The number of nitrogens with one attached hydrogen (secondary N) is 1. The topological polar surface area (TPSA) is 43.6 Å². The number of furan rings is 1. The minimum absolute atomic E-state index is 0.0778. The molecular formula is C12H21NO3. The summed E-state index contributed by atoms with van der Waals surface area (Å²) in [6.45, 7) is 3.47. The highest BCUT2D eigenvalue weighted by atomic mass is 16.5. The molecule has 0 aliphatic rings. The van der Waals surface area contributed by atoms with E-state index in [4.69, 9.17) is 13.9 Å². The zero-order valence-electron chi connectivity index (χ0n) is 10.2. The number of methoxy groups -OCH3 is 2. The van der Waals surface area contributed by atoms with Crippen molar-refractivity contribution >= 4 is 0 Å². The van der Waals surface area contributed by atoms with E-state index in [2.05, 4.69) is 12.2 Å². The molecule has 0 fully saturated rings. The molecule has 0 amide bonds. The molecule has 16 heavy (non-hydrogen) atoms. The largest absolute Gasteiger partial charge is 0.468 e. The summed E-state index contributed by atoms with van der Waals surface area (Å²) in [7, 11) is 3.37. The predicted molar refractivity (Wildman–Crippen MR) is 62.4 cm³/mol. The van der Waals surface area contributed by atoms with E-state index in [9.17, 15) is 0 Å². The molecule has 1 N–H and O–H groups in total. The highest BCUT2D eigenvalue weighted by Gasteiger charge is 2.14. The molecule has 92 valence electrons. The summed E-state index contributed by atoms with van der Waals surface area (Å²) in [6.07, 6.45) is 2.76. The van der Waals surface area contributed by atoms with Crippen LogP contribution >= 0.6 is 0 Å². The molecular weight excluding hydrogens is 206 g/mol. The lowest BCUT2D eigenvalue weighted by Gasteiger charge is -2.19. The van der Waals surface area contributed by atoms with Gasteiger partial charge in [0.05, 0.1) is 25.0 Å². The average molecular weight is 227 g/mol. The van der Waals surface area contributed by atoms with Gasteiger partial charge in [-0.15, -0.1) is 0 Å². The van der Waals surface area contributed by atoms with Crippen LogP contribution < -0.4 is 5.32 Å². The molecule has 1 aromatic heterocycles. The standard InChI is InChI=1S/C12H21NO3/c1-4-11(12-6-5-7-16-12)13-8-10(15-3)9-14-2/h5-7,10-11,13H,4,8-9H2,1-3H3. The lowest BCUT2D eigenvalue weighted by Crippen LogP contribution is -2.34. The maximum Gasteiger partial charge on any atom is 0.120 e. The minimum Gasteiger partial charge on any atom is -0.468 e. The SMILES string of the molecule is CCC(NCC(COC)OC)c1ccco1. The van der Waals surface area contributed by atoms with E-state index in [1.807, 2.05) is 12.1 Å². The van der Waals surface area contributed by atoms with Crippen molar-refractivity contribution in [3.05, 3.63) is 24.2 Å². The fraction of sp³-hybridized carbons (Fsp3) is 0.667. The molecule has 1 rings (SSSR count). The van der Waals surface area contributed by atoms with Gasteiger partial charge in [0, 0.05) is 20.8 Å². The number of rotatable bonds is 8. The first-order valence-corrected chi connectivity index (χ1v) is 5.60. The zero-order chi connectivity index (χ0) is 11.8. The Hall–Kier alpha value is -0.840. The Morgan fingerprint density at radius 2 is 2.25 bits per heavy atom. The van der Waals surface area contributed by atoms with Crippen LogP contribution in [0, 0.1) is 0 Å². The fourth-order valence-electron chi connectivity index (χ4n) is 1.61. The van der Waals surface area contributed by atoms with Crippen LogP contribution in [0.4, 0.5) is 0 Å². The molecule has 0 aliphatic carbocycles. The molecule has 1 aromatic rings. The van der Waals surface area contributed by atoms with Crippen LogP contribution in [0.3, 0.4) is 0 Å². The first-order chi connectivity index (χ1) is 7.81. The zero-order valence-corrected chi connectivity index (χ0v) is 10.2. The minimum atomic E-state index is 0.0778. The maximum atomic E-state index is 5.38. The first kappa shape index (κ1) is 13.2. The van der Waals surface area contributed by atoms with Crippen LogP contribution in [0.25, 0.3) is 0 Å². The normalized spacial score (nSPS) is 14.9. The molecule has 4 nitrogen and oxygen atoms in total. The molecule has 0 bridgehead atoms. The van der Waals surface area contributed by atoms with Gasteiger partial charge in [-0.25, -0.2) is 0 Å². The van der Waals surface area contributed by atoms with Crippen molar-refractivity contribution in [3.8, 4) is 0 Å². The van der Waals surface area contributed by atoms with E-state index in [1.54, 1.807) is 20.5 Å². The molecule has 1 heterocycles.